The van der Waals surface area contributed by atoms with Crippen LogP contribution in [-0.4, -0.2) is 34.8 Å². The molecule has 0 amide bonds. The second-order valence-electron chi connectivity index (χ2n) is 8.39. The second-order valence-corrected chi connectivity index (χ2v) is 10.4. The molecule has 8 heteroatoms. The number of rotatable bonds is 4. The molecule has 0 spiro atoms. The largest absolute Gasteiger partial charge is 0.278 e. The van der Waals surface area contributed by atoms with E-state index in [1.165, 1.54) is 18.2 Å². The van der Waals surface area contributed by atoms with Gasteiger partial charge in [0.2, 0.25) is 0 Å². The normalized spacial score (nSPS) is 12.2. The molecule has 0 aliphatic heterocycles. The van der Waals surface area contributed by atoms with Gasteiger partial charge >= 0.3 is 0 Å². The average Bonchev–Trinajstić information content (AvgIpc) is 3.24. The third-order valence-electron chi connectivity index (χ3n) is 5.68. The number of sulfone groups is 1. The molecule has 0 saturated carbocycles. The molecule has 0 unspecified atom stereocenters. The van der Waals surface area contributed by atoms with E-state index in [4.69, 9.17) is 4.98 Å². The van der Waals surface area contributed by atoms with E-state index < -0.39 is 9.84 Å². The Morgan fingerprint density at radius 1 is 0.970 bits per heavy atom. The second kappa shape index (κ2) is 7.74. The van der Waals surface area contributed by atoms with Crippen molar-refractivity contribution in [3.63, 3.8) is 0 Å². The molecule has 2 aromatic carbocycles. The zero-order valence-electron chi connectivity index (χ0n) is 18.3. The lowest BCUT2D eigenvalue weighted by atomic mass is 9.86. The fourth-order valence-corrected chi connectivity index (χ4v) is 4.73. The number of hydrogen-bond donors (Lipinski definition) is 1. The molecule has 166 valence electrons. The first-order valence-corrected chi connectivity index (χ1v) is 12.3. The summed E-state index contributed by atoms with van der Waals surface area (Å²) in [5.41, 5.74) is 5.83. The predicted molar refractivity (Wildman–Crippen MR) is 127 cm³/mol. The van der Waals surface area contributed by atoms with Gasteiger partial charge in [0, 0.05) is 28.8 Å². The summed E-state index contributed by atoms with van der Waals surface area (Å²) >= 11 is 0. The molecule has 0 bridgehead atoms. The van der Waals surface area contributed by atoms with Gasteiger partial charge in [-0.25, -0.2) is 22.8 Å². The van der Waals surface area contributed by atoms with E-state index in [0.29, 0.717) is 11.3 Å². The summed E-state index contributed by atoms with van der Waals surface area (Å²) in [4.78, 5) is 9.15. The number of hydrogen-bond acceptors (Lipinski definition) is 5. The van der Waals surface area contributed by atoms with Gasteiger partial charge in [-0.1, -0.05) is 26.0 Å². The molecule has 0 fully saturated rings. The van der Waals surface area contributed by atoms with E-state index in [2.05, 4.69) is 29.0 Å². The van der Waals surface area contributed by atoms with E-state index in [1.807, 2.05) is 12.1 Å². The van der Waals surface area contributed by atoms with E-state index in [-0.39, 0.29) is 16.8 Å². The van der Waals surface area contributed by atoms with Crippen LogP contribution in [0.3, 0.4) is 0 Å². The number of halogens is 1. The van der Waals surface area contributed by atoms with Crippen LogP contribution in [0.5, 0.6) is 0 Å². The number of benzene rings is 2. The lowest BCUT2D eigenvalue weighted by Crippen LogP contribution is -2.03. The lowest BCUT2D eigenvalue weighted by molar-refractivity contribution is 0.598. The number of fused-ring (bicyclic) bond motifs is 2. The maximum Gasteiger partial charge on any atom is 0.192 e. The van der Waals surface area contributed by atoms with Crippen LogP contribution >= 0.6 is 0 Å². The molecule has 3 aromatic heterocycles. The Kier molecular flexibility index (Phi) is 4.97. The zero-order chi connectivity index (χ0) is 23.3. The summed E-state index contributed by atoms with van der Waals surface area (Å²) in [5.74, 6) is -0.229. The van der Waals surface area contributed by atoms with Gasteiger partial charge in [0.05, 0.1) is 22.9 Å². The highest BCUT2D eigenvalue weighted by molar-refractivity contribution is 7.90. The standard InChI is InChI=1S/C25H21FN4O2S/c1-14(2)23-24(15-4-7-18(26)8-5-15)19-10-17-13-28-30-20(17)11-21(19)29-25(23)16-6-9-22(27-12-16)33(3,31)32/h4-14H,1-3H3,(H,28,30). The Balaban J connectivity index is 1.88. The van der Waals surface area contributed by atoms with Gasteiger partial charge in [-0.2, -0.15) is 5.10 Å². The zero-order valence-corrected chi connectivity index (χ0v) is 19.1. The van der Waals surface area contributed by atoms with E-state index in [0.717, 1.165) is 44.8 Å². The summed E-state index contributed by atoms with van der Waals surface area (Å²) in [7, 11) is -3.41. The Labute approximate surface area is 190 Å². The van der Waals surface area contributed by atoms with Crippen molar-refractivity contribution in [1.82, 2.24) is 20.2 Å². The van der Waals surface area contributed by atoms with Crippen molar-refractivity contribution in [3.8, 4) is 22.4 Å². The molecule has 1 N–H and O–H groups in total. The first kappa shape index (κ1) is 21.2. The molecule has 0 atom stereocenters. The highest BCUT2D eigenvalue weighted by Crippen LogP contribution is 2.41. The highest BCUT2D eigenvalue weighted by atomic mass is 32.2. The molecule has 5 rings (SSSR count). The van der Waals surface area contributed by atoms with Crippen LogP contribution in [-0.2, 0) is 9.84 Å². The first-order chi connectivity index (χ1) is 15.7. The quantitative estimate of drug-likeness (QED) is 0.382. The average molecular weight is 461 g/mol. The third kappa shape index (κ3) is 3.76. The molecule has 0 radical (unpaired) electrons. The summed E-state index contributed by atoms with van der Waals surface area (Å²) in [6.45, 7) is 4.15. The van der Waals surface area contributed by atoms with Crippen molar-refractivity contribution in [3.05, 3.63) is 72.3 Å². The van der Waals surface area contributed by atoms with Crippen molar-refractivity contribution in [2.75, 3.05) is 6.26 Å². The number of aromatic amines is 1. The molecule has 0 saturated heterocycles. The maximum absolute atomic E-state index is 13.7. The number of nitrogens with zero attached hydrogens (tertiary/aromatic N) is 3. The maximum atomic E-state index is 13.7. The van der Waals surface area contributed by atoms with Gasteiger partial charge in [-0.3, -0.25) is 5.10 Å². The molecule has 0 aliphatic rings. The molecular formula is C25H21FN4O2S. The Hall–Kier alpha value is -3.65. The van der Waals surface area contributed by atoms with Crippen LogP contribution in [0.1, 0.15) is 25.3 Å². The van der Waals surface area contributed by atoms with E-state index in [1.54, 1.807) is 30.6 Å². The number of nitrogens with one attached hydrogen (secondary N) is 1. The van der Waals surface area contributed by atoms with Gasteiger partial charge in [-0.05, 0) is 59.0 Å². The topological polar surface area (TPSA) is 88.6 Å². The molecule has 6 nitrogen and oxygen atoms in total. The van der Waals surface area contributed by atoms with Crippen LogP contribution in [0.2, 0.25) is 0 Å². The minimum Gasteiger partial charge on any atom is -0.278 e. The van der Waals surface area contributed by atoms with Crippen molar-refractivity contribution < 1.29 is 12.8 Å². The fourth-order valence-electron chi connectivity index (χ4n) is 4.17. The first-order valence-electron chi connectivity index (χ1n) is 10.5. The smallest absolute Gasteiger partial charge is 0.192 e. The van der Waals surface area contributed by atoms with Crippen molar-refractivity contribution in [2.45, 2.75) is 24.8 Å². The molecular weight excluding hydrogens is 439 g/mol. The Morgan fingerprint density at radius 2 is 1.70 bits per heavy atom. The molecule has 0 aliphatic carbocycles. The summed E-state index contributed by atoms with van der Waals surface area (Å²) in [6, 6.07) is 13.6. The van der Waals surface area contributed by atoms with Gasteiger partial charge < -0.3 is 0 Å². The van der Waals surface area contributed by atoms with Crippen LogP contribution < -0.4 is 0 Å². The number of aromatic nitrogens is 4. The molecule has 33 heavy (non-hydrogen) atoms. The van der Waals surface area contributed by atoms with Gasteiger partial charge in [0.25, 0.3) is 0 Å². The molecule has 3 heterocycles. The van der Waals surface area contributed by atoms with E-state index >= 15 is 0 Å². The summed E-state index contributed by atoms with van der Waals surface area (Å²) in [5, 5.41) is 9.02. The Morgan fingerprint density at radius 3 is 2.33 bits per heavy atom. The Bertz CT molecular complexity index is 1610. The summed E-state index contributed by atoms with van der Waals surface area (Å²) in [6.07, 6.45) is 4.44. The van der Waals surface area contributed by atoms with Crippen molar-refractivity contribution in [1.29, 1.82) is 0 Å². The molecule has 5 aromatic rings. The van der Waals surface area contributed by atoms with Gasteiger partial charge in [0.1, 0.15) is 5.82 Å². The van der Waals surface area contributed by atoms with Crippen molar-refractivity contribution >= 4 is 31.6 Å². The fraction of sp³-hybridized carbons (Fsp3) is 0.160. The van der Waals surface area contributed by atoms with Gasteiger partial charge in [0.15, 0.2) is 14.9 Å². The minimum atomic E-state index is -3.41. The van der Waals surface area contributed by atoms with Crippen LogP contribution in [0.15, 0.2) is 66.0 Å². The van der Waals surface area contributed by atoms with E-state index in [9.17, 15) is 12.8 Å². The SMILES string of the molecule is CC(C)c1c(-c2ccc(S(C)(=O)=O)nc2)nc2cc3[nH]ncc3cc2c1-c1ccc(F)cc1. The summed E-state index contributed by atoms with van der Waals surface area (Å²) < 4.78 is 37.5. The minimum absolute atomic E-state index is 0.0102. The monoisotopic (exact) mass is 460 g/mol. The van der Waals surface area contributed by atoms with Gasteiger partial charge in [-0.15, -0.1) is 0 Å². The van der Waals surface area contributed by atoms with Crippen LogP contribution in [0.25, 0.3) is 44.2 Å². The lowest BCUT2D eigenvalue weighted by Gasteiger charge is -2.20. The number of H-pyrrole nitrogens is 1. The highest BCUT2D eigenvalue weighted by Gasteiger charge is 2.22. The third-order valence-corrected chi connectivity index (χ3v) is 6.68. The predicted octanol–water partition coefficient (Wildman–Crippen LogP) is 5.51. The number of pyridine rings is 2. The van der Waals surface area contributed by atoms with Crippen molar-refractivity contribution in [2.24, 2.45) is 0 Å². The van der Waals surface area contributed by atoms with Crippen LogP contribution in [0.4, 0.5) is 4.39 Å². The van der Waals surface area contributed by atoms with Crippen LogP contribution in [0, 0.1) is 5.82 Å².